The van der Waals surface area contributed by atoms with Crippen molar-refractivity contribution in [2.75, 3.05) is 7.11 Å². The van der Waals surface area contributed by atoms with Crippen molar-refractivity contribution < 1.29 is 14.5 Å². The van der Waals surface area contributed by atoms with E-state index in [1.165, 1.54) is 26.2 Å². The van der Waals surface area contributed by atoms with Crippen molar-refractivity contribution in [3.63, 3.8) is 0 Å². The highest BCUT2D eigenvalue weighted by molar-refractivity contribution is 5.80. The second-order valence-electron chi connectivity index (χ2n) is 2.71. The SMILES string of the molecule is COc1ccc(C=O)c(C)c1[N+](=O)[O-]. The number of carbonyl (C=O) groups is 1. The Morgan fingerprint density at radius 1 is 1.50 bits per heavy atom. The molecule has 0 aliphatic heterocycles. The van der Waals surface area contributed by atoms with Crippen molar-refractivity contribution in [1.29, 1.82) is 0 Å². The van der Waals surface area contributed by atoms with E-state index in [0.29, 0.717) is 17.4 Å². The maximum atomic E-state index is 10.7. The van der Waals surface area contributed by atoms with Gasteiger partial charge < -0.3 is 4.74 Å². The van der Waals surface area contributed by atoms with E-state index in [-0.39, 0.29) is 11.4 Å². The topological polar surface area (TPSA) is 69.4 Å². The minimum atomic E-state index is -0.554. The Kier molecular flexibility index (Phi) is 2.81. The molecule has 0 atom stereocenters. The van der Waals surface area contributed by atoms with Crippen molar-refractivity contribution in [3.05, 3.63) is 33.4 Å². The van der Waals surface area contributed by atoms with Crippen molar-refractivity contribution in [2.24, 2.45) is 0 Å². The van der Waals surface area contributed by atoms with Crippen LogP contribution in [-0.2, 0) is 0 Å². The molecule has 0 amide bonds. The Hall–Kier alpha value is -1.91. The number of nitro groups is 1. The molecule has 0 aliphatic carbocycles. The quantitative estimate of drug-likeness (QED) is 0.418. The molecule has 0 radical (unpaired) electrons. The first-order chi connectivity index (χ1) is 6.61. The summed E-state index contributed by atoms with van der Waals surface area (Å²) >= 11 is 0. The first-order valence-electron chi connectivity index (χ1n) is 3.89. The highest BCUT2D eigenvalue weighted by Gasteiger charge is 2.20. The van der Waals surface area contributed by atoms with Crippen LogP contribution >= 0.6 is 0 Å². The lowest BCUT2D eigenvalue weighted by atomic mass is 10.1. The largest absolute Gasteiger partial charge is 0.490 e. The van der Waals surface area contributed by atoms with E-state index in [0.717, 1.165) is 0 Å². The highest BCUT2D eigenvalue weighted by Crippen LogP contribution is 2.31. The van der Waals surface area contributed by atoms with Gasteiger partial charge in [0.25, 0.3) is 0 Å². The second kappa shape index (κ2) is 3.87. The monoisotopic (exact) mass is 195 g/mol. The average molecular weight is 195 g/mol. The van der Waals surface area contributed by atoms with Gasteiger partial charge in [0.05, 0.1) is 12.0 Å². The summed E-state index contributed by atoms with van der Waals surface area (Å²) in [5.41, 5.74) is 0.471. The smallest absolute Gasteiger partial charge is 0.314 e. The van der Waals surface area contributed by atoms with Crippen LogP contribution in [0.1, 0.15) is 15.9 Å². The highest BCUT2D eigenvalue weighted by atomic mass is 16.6. The van der Waals surface area contributed by atoms with Crippen LogP contribution < -0.4 is 4.74 Å². The fourth-order valence-corrected chi connectivity index (χ4v) is 1.21. The molecule has 0 aromatic heterocycles. The Morgan fingerprint density at radius 3 is 2.57 bits per heavy atom. The second-order valence-corrected chi connectivity index (χ2v) is 2.71. The Bertz CT molecular complexity index is 387. The maximum absolute atomic E-state index is 10.7. The number of ether oxygens (including phenoxy) is 1. The molecule has 1 aromatic rings. The Morgan fingerprint density at radius 2 is 2.14 bits per heavy atom. The summed E-state index contributed by atoms with van der Waals surface area (Å²) < 4.78 is 4.83. The molecule has 0 aliphatic rings. The van der Waals surface area contributed by atoms with Crippen LogP contribution in [0.15, 0.2) is 12.1 Å². The van der Waals surface area contributed by atoms with Gasteiger partial charge in [-0.15, -0.1) is 0 Å². The fraction of sp³-hybridized carbons (Fsp3) is 0.222. The van der Waals surface area contributed by atoms with Gasteiger partial charge in [0, 0.05) is 11.1 Å². The molecule has 0 bridgehead atoms. The average Bonchev–Trinajstić information content (AvgIpc) is 2.16. The molecule has 0 saturated heterocycles. The van der Waals surface area contributed by atoms with E-state index in [9.17, 15) is 14.9 Å². The molecule has 1 rings (SSSR count). The first kappa shape index (κ1) is 10.2. The van der Waals surface area contributed by atoms with Crippen molar-refractivity contribution >= 4 is 12.0 Å². The molecule has 0 heterocycles. The summed E-state index contributed by atoms with van der Waals surface area (Å²) in [4.78, 5) is 20.7. The van der Waals surface area contributed by atoms with Crippen molar-refractivity contribution in [3.8, 4) is 5.75 Å². The number of methoxy groups -OCH3 is 1. The van der Waals surface area contributed by atoms with Gasteiger partial charge in [-0.05, 0) is 19.1 Å². The van der Waals surface area contributed by atoms with Crippen LogP contribution in [0.25, 0.3) is 0 Å². The van der Waals surface area contributed by atoms with Gasteiger partial charge in [-0.3, -0.25) is 14.9 Å². The number of carbonyl (C=O) groups excluding carboxylic acids is 1. The van der Waals surface area contributed by atoms with E-state index < -0.39 is 4.92 Å². The third-order valence-corrected chi connectivity index (χ3v) is 1.97. The number of aldehydes is 1. The molecule has 74 valence electrons. The van der Waals surface area contributed by atoms with Crippen LogP contribution in [0.4, 0.5) is 5.69 Å². The van der Waals surface area contributed by atoms with E-state index in [4.69, 9.17) is 4.74 Å². The summed E-state index contributed by atoms with van der Waals surface area (Å²) in [5, 5.41) is 10.7. The first-order valence-corrected chi connectivity index (χ1v) is 3.89. The number of hydrogen-bond acceptors (Lipinski definition) is 4. The summed E-state index contributed by atoms with van der Waals surface area (Å²) in [6.45, 7) is 1.52. The lowest BCUT2D eigenvalue weighted by Crippen LogP contribution is -1.99. The zero-order valence-electron chi connectivity index (χ0n) is 7.81. The van der Waals surface area contributed by atoms with E-state index >= 15 is 0 Å². The van der Waals surface area contributed by atoms with Crippen LogP contribution in [0, 0.1) is 17.0 Å². The summed E-state index contributed by atoms with van der Waals surface area (Å²) in [5.74, 6) is 0.165. The van der Waals surface area contributed by atoms with Gasteiger partial charge in [0.1, 0.15) is 0 Å². The standard InChI is InChI=1S/C9H9NO4/c1-6-7(5-11)3-4-8(14-2)9(6)10(12)13/h3-5H,1-2H3. The third-order valence-electron chi connectivity index (χ3n) is 1.97. The molecule has 0 fully saturated rings. The number of benzene rings is 1. The molecule has 1 aromatic carbocycles. The van der Waals surface area contributed by atoms with E-state index in [2.05, 4.69) is 0 Å². The molecule has 0 saturated carbocycles. The van der Waals surface area contributed by atoms with Gasteiger partial charge >= 0.3 is 5.69 Å². The molecule has 0 unspecified atom stereocenters. The predicted molar refractivity (Wildman–Crippen MR) is 49.8 cm³/mol. The number of hydrogen-bond donors (Lipinski definition) is 0. The molecule has 5 nitrogen and oxygen atoms in total. The molecule has 0 spiro atoms. The third kappa shape index (κ3) is 1.56. The van der Waals surface area contributed by atoms with Crippen LogP contribution in [-0.4, -0.2) is 18.3 Å². The predicted octanol–water partition coefficient (Wildman–Crippen LogP) is 1.72. The molecule has 5 heteroatoms. The molecule has 0 N–H and O–H groups in total. The fourth-order valence-electron chi connectivity index (χ4n) is 1.21. The van der Waals surface area contributed by atoms with Gasteiger partial charge in [0.2, 0.25) is 0 Å². The van der Waals surface area contributed by atoms with Crippen LogP contribution in [0.5, 0.6) is 5.75 Å². The van der Waals surface area contributed by atoms with Gasteiger partial charge in [-0.25, -0.2) is 0 Å². The molecular formula is C9H9NO4. The maximum Gasteiger partial charge on any atom is 0.314 e. The van der Waals surface area contributed by atoms with Crippen molar-refractivity contribution in [1.82, 2.24) is 0 Å². The molecular weight excluding hydrogens is 186 g/mol. The van der Waals surface area contributed by atoms with E-state index in [1.54, 1.807) is 0 Å². The van der Waals surface area contributed by atoms with Crippen LogP contribution in [0.2, 0.25) is 0 Å². The van der Waals surface area contributed by atoms with Crippen molar-refractivity contribution in [2.45, 2.75) is 6.92 Å². The van der Waals surface area contributed by atoms with Crippen LogP contribution in [0.3, 0.4) is 0 Å². The Balaban J connectivity index is 3.46. The zero-order chi connectivity index (χ0) is 10.7. The van der Waals surface area contributed by atoms with Gasteiger partial charge in [0.15, 0.2) is 12.0 Å². The minimum absolute atomic E-state index is 0.155. The van der Waals surface area contributed by atoms with Gasteiger partial charge in [-0.1, -0.05) is 0 Å². The summed E-state index contributed by atoms with van der Waals surface area (Å²) in [6.07, 6.45) is 0.585. The number of rotatable bonds is 3. The Labute approximate surface area is 80.5 Å². The summed E-state index contributed by atoms with van der Waals surface area (Å²) in [6, 6.07) is 2.91. The zero-order valence-corrected chi connectivity index (χ0v) is 7.81. The lowest BCUT2D eigenvalue weighted by Gasteiger charge is -2.05. The number of nitrogens with zero attached hydrogens (tertiary/aromatic N) is 1. The number of nitro benzene ring substituents is 1. The molecule has 14 heavy (non-hydrogen) atoms. The van der Waals surface area contributed by atoms with E-state index in [1.807, 2.05) is 0 Å². The minimum Gasteiger partial charge on any atom is -0.490 e. The summed E-state index contributed by atoms with van der Waals surface area (Å²) in [7, 11) is 1.35. The lowest BCUT2D eigenvalue weighted by molar-refractivity contribution is -0.386. The normalized spacial score (nSPS) is 9.57. The van der Waals surface area contributed by atoms with Gasteiger partial charge in [-0.2, -0.15) is 0 Å².